The summed E-state index contributed by atoms with van der Waals surface area (Å²) >= 11 is 11.9. The number of hydrogen-bond acceptors (Lipinski definition) is 1. The second kappa shape index (κ2) is 4.42. The predicted octanol–water partition coefficient (Wildman–Crippen LogP) is 4.71. The molecular formula is C15H10Cl2O. The minimum Gasteiger partial charge on any atom is -0.294 e. The second-order valence-corrected chi connectivity index (χ2v) is 5.34. The number of fused-ring (bicyclic) bond motifs is 1. The molecule has 0 fully saturated rings. The van der Waals surface area contributed by atoms with Crippen molar-refractivity contribution < 1.29 is 4.79 Å². The number of benzene rings is 2. The van der Waals surface area contributed by atoms with Gasteiger partial charge < -0.3 is 0 Å². The van der Waals surface area contributed by atoms with Crippen molar-refractivity contribution in [2.24, 2.45) is 0 Å². The summed E-state index contributed by atoms with van der Waals surface area (Å²) in [5.74, 6) is 0.282. The van der Waals surface area contributed by atoms with Crippen molar-refractivity contribution in [1.29, 1.82) is 0 Å². The molecule has 0 spiro atoms. The number of rotatable bonds is 1. The minimum atomic E-state index is 0.100. The maximum absolute atomic E-state index is 12.0. The number of carbonyl (C=O) groups excluding carboxylic acids is 1. The van der Waals surface area contributed by atoms with Gasteiger partial charge in [0.25, 0.3) is 0 Å². The molecule has 0 aliphatic heterocycles. The highest BCUT2D eigenvalue weighted by Crippen LogP contribution is 2.39. The zero-order valence-corrected chi connectivity index (χ0v) is 11.0. The number of hydrogen-bond donors (Lipinski definition) is 0. The molecule has 0 unspecified atom stereocenters. The van der Waals surface area contributed by atoms with Gasteiger partial charge >= 0.3 is 0 Å². The quantitative estimate of drug-likeness (QED) is 0.737. The largest absolute Gasteiger partial charge is 0.294 e. The van der Waals surface area contributed by atoms with E-state index in [-0.39, 0.29) is 11.7 Å². The molecule has 1 aliphatic carbocycles. The Morgan fingerprint density at radius 3 is 2.33 bits per heavy atom. The van der Waals surface area contributed by atoms with Crippen molar-refractivity contribution in [2.75, 3.05) is 0 Å². The molecule has 2 aromatic rings. The van der Waals surface area contributed by atoms with Crippen LogP contribution < -0.4 is 0 Å². The summed E-state index contributed by atoms with van der Waals surface area (Å²) in [6, 6.07) is 13.1. The van der Waals surface area contributed by atoms with Crippen LogP contribution >= 0.6 is 23.2 Å². The van der Waals surface area contributed by atoms with E-state index in [9.17, 15) is 4.79 Å². The molecular weight excluding hydrogens is 267 g/mol. The number of Topliss-reactive ketones (excluding diaryl/α,β-unsaturated/α-hetero) is 1. The van der Waals surface area contributed by atoms with E-state index in [1.54, 1.807) is 6.07 Å². The van der Waals surface area contributed by atoms with Crippen LogP contribution in [0.4, 0.5) is 0 Å². The number of halogens is 2. The molecule has 0 radical (unpaired) electrons. The van der Waals surface area contributed by atoms with Gasteiger partial charge in [-0.25, -0.2) is 0 Å². The zero-order valence-electron chi connectivity index (χ0n) is 9.49. The van der Waals surface area contributed by atoms with Crippen LogP contribution in [-0.4, -0.2) is 5.78 Å². The lowest BCUT2D eigenvalue weighted by Crippen LogP contribution is -1.96. The molecule has 1 nitrogen and oxygen atoms in total. The van der Waals surface area contributed by atoms with Crippen LogP contribution in [0.25, 0.3) is 0 Å². The van der Waals surface area contributed by atoms with Crippen molar-refractivity contribution >= 4 is 29.0 Å². The average Bonchev–Trinajstić information content (AvgIpc) is 2.67. The molecule has 0 saturated carbocycles. The molecule has 0 heterocycles. The van der Waals surface area contributed by atoms with Gasteiger partial charge in [-0.2, -0.15) is 0 Å². The summed E-state index contributed by atoms with van der Waals surface area (Å²) in [5.41, 5.74) is 2.92. The van der Waals surface area contributed by atoms with Crippen LogP contribution in [0, 0.1) is 0 Å². The van der Waals surface area contributed by atoms with Crippen LogP contribution in [-0.2, 0) is 0 Å². The van der Waals surface area contributed by atoms with Gasteiger partial charge in [-0.3, -0.25) is 4.79 Å². The van der Waals surface area contributed by atoms with E-state index >= 15 is 0 Å². The van der Waals surface area contributed by atoms with Crippen LogP contribution in [0.2, 0.25) is 10.0 Å². The molecule has 90 valence electrons. The van der Waals surface area contributed by atoms with E-state index in [2.05, 4.69) is 0 Å². The fourth-order valence-electron chi connectivity index (χ4n) is 2.47. The van der Waals surface area contributed by atoms with E-state index in [0.717, 1.165) is 16.7 Å². The molecule has 3 rings (SSSR count). The lowest BCUT2D eigenvalue weighted by molar-refractivity contribution is 0.0991. The molecule has 2 aromatic carbocycles. The van der Waals surface area contributed by atoms with Gasteiger partial charge in [-0.1, -0.05) is 35.3 Å². The van der Waals surface area contributed by atoms with E-state index in [0.29, 0.717) is 16.5 Å². The molecule has 1 atom stereocenters. The monoisotopic (exact) mass is 276 g/mol. The molecule has 0 aromatic heterocycles. The van der Waals surface area contributed by atoms with E-state index < -0.39 is 0 Å². The Labute approximate surface area is 115 Å². The normalized spacial score (nSPS) is 17.9. The van der Waals surface area contributed by atoms with Gasteiger partial charge in [0.1, 0.15) is 0 Å². The third kappa shape index (κ3) is 1.94. The topological polar surface area (TPSA) is 17.1 Å². The van der Waals surface area contributed by atoms with Gasteiger partial charge in [-0.05, 0) is 41.5 Å². The van der Waals surface area contributed by atoms with Crippen molar-refractivity contribution in [3.8, 4) is 0 Å². The fraction of sp³-hybridized carbons (Fsp3) is 0.133. The van der Waals surface area contributed by atoms with Gasteiger partial charge in [0.05, 0.1) is 0 Å². The van der Waals surface area contributed by atoms with Crippen molar-refractivity contribution in [2.45, 2.75) is 12.3 Å². The molecule has 0 bridgehead atoms. The first-order chi connectivity index (χ1) is 8.65. The van der Waals surface area contributed by atoms with Crippen molar-refractivity contribution in [1.82, 2.24) is 0 Å². The molecule has 0 saturated heterocycles. The third-order valence-electron chi connectivity index (χ3n) is 3.35. The maximum Gasteiger partial charge on any atom is 0.164 e. The van der Waals surface area contributed by atoms with Crippen LogP contribution in [0.1, 0.15) is 33.8 Å². The Kier molecular flexibility index (Phi) is 2.89. The average molecular weight is 277 g/mol. The van der Waals surface area contributed by atoms with Crippen LogP contribution in [0.15, 0.2) is 42.5 Å². The second-order valence-electron chi connectivity index (χ2n) is 4.46. The Bertz CT molecular complexity index is 617. The summed E-state index contributed by atoms with van der Waals surface area (Å²) in [6.07, 6.45) is 0.511. The zero-order chi connectivity index (χ0) is 12.7. The summed E-state index contributed by atoms with van der Waals surface area (Å²) < 4.78 is 0. The Balaban J connectivity index is 2.09. The highest BCUT2D eigenvalue weighted by Gasteiger charge is 2.30. The van der Waals surface area contributed by atoms with Gasteiger partial charge in [0.2, 0.25) is 0 Å². The summed E-state index contributed by atoms with van der Waals surface area (Å²) in [7, 11) is 0. The first-order valence-electron chi connectivity index (χ1n) is 5.73. The predicted molar refractivity (Wildman–Crippen MR) is 73.7 cm³/mol. The lowest BCUT2D eigenvalue weighted by atomic mass is 9.93. The van der Waals surface area contributed by atoms with E-state index in [1.165, 1.54) is 0 Å². The SMILES string of the molecule is O=C1C[C@H](c2ccc(Cl)cc2)c2cc(Cl)ccc21. The van der Waals surface area contributed by atoms with Crippen molar-refractivity contribution in [3.63, 3.8) is 0 Å². The standard InChI is InChI=1S/C15H10Cl2O/c16-10-3-1-9(2-4-10)13-8-15(18)12-6-5-11(17)7-14(12)13/h1-7,13H,8H2/t13-/m1/s1. The van der Waals surface area contributed by atoms with Crippen LogP contribution in [0.5, 0.6) is 0 Å². The van der Waals surface area contributed by atoms with E-state index in [1.807, 2.05) is 36.4 Å². The summed E-state index contributed by atoms with van der Waals surface area (Å²) in [6.45, 7) is 0. The maximum atomic E-state index is 12.0. The number of carbonyl (C=O) groups is 1. The first-order valence-corrected chi connectivity index (χ1v) is 6.49. The molecule has 18 heavy (non-hydrogen) atoms. The highest BCUT2D eigenvalue weighted by molar-refractivity contribution is 6.31. The van der Waals surface area contributed by atoms with Gasteiger partial charge in [0.15, 0.2) is 5.78 Å². The van der Waals surface area contributed by atoms with Gasteiger partial charge in [0, 0.05) is 27.9 Å². The summed E-state index contributed by atoms with van der Waals surface area (Å²) in [4.78, 5) is 12.0. The van der Waals surface area contributed by atoms with Gasteiger partial charge in [-0.15, -0.1) is 0 Å². The highest BCUT2D eigenvalue weighted by atomic mass is 35.5. The smallest absolute Gasteiger partial charge is 0.164 e. The number of ketones is 1. The Hall–Kier alpha value is -1.31. The Morgan fingerprint density at radius 2 is 1.61 bits per heavy atom. The molecule has 3 heteroatoms. The lowest BCUT2D eigenvalue weighted by Gasteiger charge is -2.11. The van der Waals surface area contributed by atoms with Crippen molar-refractivity contribution in [3.05, 3.63) is 69.2 Å². The van der Waals surface area contributed by atoms with E-state index in [4.69, 9.17) is 23.2 Å². The van der Waals surface area contributed by atoms with Crippen LogP contribution in [0.3, 0.4) is 0 Å². The molecule has 0 N–H and O–H groups in total. The Morgan fingerprint density at radius 1 is 0.944 bits per heavy atom. The minimum absolute atomic E-state index is 0.100. The first kappa shape index (κ1) is 11.8. The third-order valence-corrected chi connectivity index (χ3v) is 3.84. The fourth-order valence-corrected chi connectivity index (χ4v) is 2.78. The molecule has 0 amide bonds. The summed E-state index contributed by atoms with van der Waals surface area (Å²) in [5, 5.41) is 1.37. The molecule has 1 aliphatic rings.